The Morgan fingerprint density at radius 1 is 1.24 bits per heavy atom. The maximum absolute atomic E-state index is 12.5. The van der Waals surface area contributed by atoms with Crippen LogP contribution in [0.2, 0.25) is 0 Å². The standard InChI is InChI=1S/C12H21F3N2/c1-9-3-2-6-16-11(9)7-17(10-4-5-10)8-12(13,14)15/h9-11,16H,2-8H2,1H3. The van der Waals surface area contributed by atoms with Gasteiger partial charge in [0.25, 0.3) is 0 Å². The van der Waals surface area contributed by atoms with Gasteiger partial charge in [0.1, 0.15) is 0 Å². The summed E-state index contributed by atoms with van der Waals surface area (Å²) in [6.07, 6.45) is 0.0530. The zero-order chi connectivity index (χ0) is 12.5. The fourth-order valence-electron chi connectivity index (χ4n) is 2.62. The SMILES string of the molecule is CC1CCCNC1CN(CC(F)(F)F)C1CC1. The Labute approximate surface area is 101 Å². The van der Waals surface area contributed by atoms with E-state index in [0.717, 1.165) is 32.2 Å². The molecule has 2 aliphatic rings. The molecule has 1 heterocycles. The lowest BCUT2D eigenvalue weighted by atomic mass is 9.92. The molecule has 1 aliphatic heterocycles. The van der Waals surface area contributed by atoms with Crippen LogP contribution in [0.25, 0.3) is 0 Å². The van der Waals surface area contributed by atoms with Crippen LogP contribution in [0.4, 0.5) is 13.2 Å². The molecule has 1 saturated carbocycles. The van der Waals surface area contributed by atoms with Gasteiger partial charge in [0, 0.05) is 18.6 Å². The highest BCUT2D eigenvalue weighted by atomic mass is 19.4. The molecule has 0 aromatic heterocycles. The first-order valence-electron chi connectivity index (χ1n) is 6.50. The molecule has 0 radical (unpaired) electrons. The summed E-state index contributed by atoms with van der Waals surface area (Å²) in [6.45, 7) is 2.88. The minimum atomic E-state index is -4.07. The second-order valence-electron chi connectivity index (χ2n) is 5.46. The van der Waals surface area contributed by atoms with Crippen LogP contribution in [-0.4, -0.2) is 42.8 Å². The third-order valence-electron chi connectivity index (χ3n) is 3.81. The molecule has 2 unspecified atom stereocenters. The van der Waals surface area contributed by atoms with Crippen molar-refractivity contribution in [2.45, 2.75) is 50.9 Å². The van der Waals surface area contributed by atoms with Crippen molar-refractivity contribution in [3.05, 3.63) is 0 Å². The van der Waals surface area contributed by atoms with E-state index >= 15 is 0 Å². The van der Waals surface area contributed by atoms with Gasteiger partial charge in [0.05, 0.1) is 6.54 Å². The van der Waals surface area contributed by atoms with E-state index in [1.54, 1.807) is 4.90 Å². The van der Waals surface area contributed by atoms with Gasteiger partial charge in [0.2, 0.25) is 0 Å². The van der Waals surface area contributed by atoms with E-state index in [1.807, 2.05) is 0 Å². The van der Waals surface area contributed by atoms with Gasteiger partial charge in [0.15, 0.2) is 0 Å². The van der Waals surface area contributed by atoms with E-state index < -0.39 is 12.7 Å². The van der Waals surface area contributed by atoms with Crippen LogP contribution in [0.15, 0.2) is 0 Å². The lowest BCUT2D eigenvalue weighted by Crippen LogP contribution is -2.50. The van der Waals surface area contributed by atoms with Crippen LogP contribution in [0.5, 0.6) is 0 Å². The summed E-state index contributed by atoms with van der Waals surface area (Å²) in [5.74, 6) is 0.484. The summed E-state index contributed by atoms with van der Waals surface area (Å²) in [5.41, 5.74) is 0. The number of alkyl halides is 3. The van der Waals surface area contributed by atoms with E-state index in [0.29, 0.717) is 12.5 Å². The average Bonchev–Trinajstić information content (AvgIpc) is 3.01. The van der Waals surface area contributed by atoms with Gasteiger partial charge in [-0.25, -0.2) is 0 Å². The molecule has 1 N–H and O–H groups in total. The predicted molar refractivity (Wildman–Crippen MR) is 60.8 cm³/mol. The topological polar surface area (TPSA) is 15.3 Å². The van der Waals surface area contributed by atoms with Gasteiger partial charge < -0.3 is 5.32 Å². The summed E-state index contributed by atoms with van der Waals surface area (Å²) in [5, 5.41) is 3.36. The number of piperidine rings is 1. The first-order chi connectivity index (χ1) is 7.96. The summed E-state index contributed by atoms with van der Waals surface area (Å²) in [7, 11) is 0. The molecule has 2 fully saturated rings. The predicted octanol–water partition coefficient (Wildman–Crippen LogP) is 2.40. The summed E-state index contributed by atoms with van der Waals surface area (Å²) >= 11 is 0. The minimum absolute atomic E-state index is 0.174. The molecule has 1 saturated heterocycles. The van der Waals surface area contributed by atoms with E-state index in [-0.39, 0.29) is 12.1 Å². The normalized spacial score (nSPS) is 30.9. The molecule has 0 amide bonds. The molecular weight excluding hydrogens is 229 g/mol. The Balaban J connectivity index is 1.88. The molecule has 1 aliphatic carbocycles. The van der Waals surface area contributed by atoms with E-state index in [2.05, 4.69) is 12.2 Å². The first-order valence-corrected chi connectivity index (χ1v) is 6.50. The van der Waals surface area contributed by atoms with Crippen molar-refractivity contribution in [1.82, 2.24) is 10.2 Å². The van der Waals surface area contributed by atoms with Crippen molar-refractivity contribution in [1.29, 1.82) is 0 Å². The maximum Gasteiger partial charge on any atom is 0.401 e. The van der Waals surface area contributed by atoms with Crippen LogP contribution in [-0.2, 0) is 0 Å². The highest BCUT2D eigenvalue weighted by Crippen LogP contribution is 2.31. The molecule has 0 bridgehead atoms. The molecule has 0 aromatic carbocycles. The average molecular weight is 250 g/mol. The Hall–Kier alpha value is -0.290. The van der Waals surface area contributed by atoms with Crippen LogP contribution in [0, 0.1) is 5.92 Å². The Morgan fingerprint density at radius 3 is 2.47 bits per heavy atom. The number of hydrogen-bond acceptors (Lipinski definition) is 2. The minimum Gasteiger partial charge on any atom is -0.312 e. The molecule has 2 nitrogen and oxygen atoms in total. The van der Waals surface area contributed by atoms with Crippen LogP contribution in [0.3, 0.4) is 0 Å². The highest BCUT2D eigenvalue weighted by Gasteiger charge is 2.39. The van der Waals surface area contributed by atoms with Crippen LogP contribution < -0.4 is 5.32 Å². The monoisotopic (exact) mass is 250 g/mol. The van der Waals surface area contributed by atoms with E-state index in [9.17, 15) is 13.2 Å². The first kappa shape index (κ1) is 13.1. The van der Waals surface area contributed by atoms with Gasteiger partial charge in [-0.1, -0.05) is 6.92 Å². The van der Waals surface area contributed by atoms with E-state index in [1.165, 1.54) is 0 Å². The fourth-order valence-corrected chi connectivity index (χ4v) is 2.62. The van der Waals surface area contributed by atoms with Crippen molar-refractivity contribution in [3.63, 3.8) is 0 Å². The van der Waals surface area contributed by atoms with Crippen LogP contribution in [0.1, 0.15) is 32.6 Å². The second kappa shape index (κ2) is 5.14. The lowest BCUT2D eigenvalue weighted by molar-refractivity contribution is -0.148. The van der Waals surface area contributed by atoms with Gasteiger partial charge in [-0.05, 0) is 38.1 Å². The lowest BCUT2D eigenvalue weighted by Gasteiger charge is -2.35. The quantitative estimate of drug-likeness (QED) is 0.824. The Bertz CT molecular complexity index is 251. The summed E-state index contributed by atoms with van der Waals surface area (Å²) in [6, 6.07) is 0.402. The van der Waals surface area contributed by atoms with Gasteiger partial charge >= 0.3 is 6.18 Å². The molecule has 17 heavy (non-hydrogen) atoms. The number of rotatable bonds is 4. The molecular formula is C12H21F3N2. The van der Waals surface area contributed by atoms with E-state index in [4.69, 9.17) is 0 Å². The molecule has 2 rings (SSSR count). The fraction of sp³-hybridized carbons (Fsp3) is 1.00. The molecule has 0 spiro atoms. The Kier molecular flexibility index (Phi) is 3.98. The zero-order valence-corrected chi connectivity index (χ0v) is 10.3. The smallest absolute Gasteiger partial charge is 0.312 e. The number of nitrogens with one attached hydrogen (secondary N) is 1. The van der Waals surface area contributed by atoms with Crippen molar-refractivity contribution in [3.8, 4) is 0 Å². The number of nitrogens with zero attached hydrogens (tertiary/aromatic N) is 1. The molecule has 2 atom stereocenters. The molecule has 5 heteroatoms. The van der Waals surface area contributed by atoms with Gasteiger partial charge in [-0.15, -0.1) is 0 Å². The summed E-state index contributed by atoms with van der Waals surface area (Å²) < 4.78 is 37.4. The maximum atomic E-state index is 12.5. The van der Waals surface area contributed by atoms with Crippen LogP contribution >= 0.6 is 0 Å². The van der Waals surface area contributed by atoms with Crippen molar-refractivity contribution < 1.29 is 13.2 Å². The van der Waals surface area contributed by atoms with Crippen molar-refractivity contribution in [2.24, 2.45) is 5.92 Å². The van der Waals surface area contributed by atoms with Crippen molar-refractivity contribution >= 4 is 0 Å². The summed E-state index contributed by atoms with van der Waals surface area (Å²) in [4.78, 5) is 1.62. The highest BCUT2D eigenvalue weighted by molar-refractivity contribution is 4.90. The number of hydrogen-bond donors (Lipinski definition) is 1. The third-order valence-corrected chi connectivity index (χ3v) is 3.81. The zero-order valence-electron chi connectivity index (χ0n) is 10.3. The Morgan fingerprint density at radius 2 is 1.94 bits per heavy atom. The number of halogens is 3. The van der Waals surface area contributed by atoms with Crippen molar-refractivity contribution in [2.75, 3.05) is 19.6 Å². The molecule has 100 valence electrons. The van der Waals surface area contributed by atoms with Gasteiger partial charge in [-0.2, -0.15) is 13.2 Å². The van der Waals surface area contributed by atoms with Gasteiger partial charge in [-0.3, -0.25) is 4.90 Å². The second-order valence-corrected chi connectivity index (χ2v) is 5.46. The largest absolute Gasteiger partial charge is 0.401 e. The third kappa shape index (κ3) is 4.14. The molecule has 0 aromatic rings.